The molecule has 0 saturated carbocycles. The molecule has 1 aliphatic rings. The first-order chi connectivity index (χ1) is 8.70. The van der Waals surface area contributed by atoms with Gasteiger partial charge in [0.2, 0.25) is 0 Å². The summed E-state index contributed by atoms with van der Waals surface area (Å²) in [6.07, 6.45) is 3.36. The molecule has 2 aromatic rings. The van der Waals surface area contributed by atoms with Crippen molar-refractivity contribution in [2.45, 2.75) is 23.6 Å². The first-order valence-electron chi connectivity index (χ1n) is 5.54. The first-order valence-corrected chi connectivity index (χ1v) is 6.45. The topological polar surface area (TPSA) is 99.1 Å². The molecule has 2 aromatic heterocycles. The van der Waals surface area contributed by atoms with E-state index in [2.05, 4.69) is 30.9 Å². The Balaban J connectivity index is 1.99. The van der Waals surface area contributed by atoms with Crippen molar-refractivity contribution in [1.82, 2.24) is 19.5 Å². The number of rotatable bonds is 2. The minimum Gasteiger partial charge on any atom is -0.394 e. The van der Waals surface area contributed by atoms with Gasteiger partial charge >= 0.3 is 0 Å². The minimum absolute atomic E-state index is 0.0177. The third kappa shape index (κ3) is 1.76. The summed E-state index contributed by atoms with van der Waals surface area (Å²) < 4.78 is 7.56. The molecule has 0 amide bonds. The number of aliphatic hydroxyl groups excluding tert-OH is 1. The van der Waals surface area contributed by atoms with E-state index in [1.54, 1.807) is 6.33 Å². The molecule has 0 bridgehead atoms. The summed E-state index contributed by atoms with van der Waals surface area (Å²) in [5.74, 6) is 0.353. The highest BCUT2D eigenvalue weighted by Gasteiger charge is 2.34. The monoisotopic (exact) mass is 313 g/mol. The summed E-state index contributed by atoms with van der Waals surface area (Å²) >= 11 is 3.49. The molecule has 3 rings (SSSR count). The van der Waals surface area contributed by atoms with Gasteiger partial charge in [-0.25, -0.2) is 15.0 Å². The number of hydrogen-bond acceptors (Lipinski definition) is 6. The highest BCUT2D eigenvalue weighted by Crippen LogP contribution is 2.34. The maximum Gasteiger partial charge on any atom is 0.167 e. The van der Waals surface area contributed by atoms with Gasteiger partial charge < -0.3 is 15.6 Å². The maximum atomic E-state index is 9.18. The van der Waals surface area contributed by atoms with E-state index in [1.807, 2.05) is 4.57 Å². The average Bonchev–Trinajstić information content (AvgIpc) is 2.93. The van der Waals surface area contributed by atoms with Crippen LogP contribution < -0.4 is 5.73 Å². The summed E-state index contributed by atoms with van der Waals surface area (Å²) in [4.78, 5) is 12.4. The maximum absolute atomic E-state index is 9.18. The van der Waals surface area contributed by atoms with E-state index >= 15 is 0 Å². The molecule has 1 aliphatic heterocycles. The van der Waals surface area contributed by atoms with Gasteiger partial charge in [-0.15, -0.1) is 0 Å². The minimum atomic E-state index is -0.216. The summed E-state index contributed by atoms with van der Waals surface area (Å²) in [5, 5.41) is 9.18. The number of aromatic nitrogens is 4. The lowest BCUT2D eigenvalue weighted by Gasteiger charge is -2.13. The lowest BCUT2D eigenvalue weighted by molar-refractivity contribution is -0.0195. The molecule has 3 heterocycles. The molecule has 1 fully saturated rings. The van der Waals surface area contributed by atoms with Gasteiger partial charge in [0.25, 0.3) is 0 Å². The Labute approximate surface area is 111 Å². The predicted molar refractivity (Wildman–Crippen MR) is 68.1 cm³/mol. The number of nitrogens with zero attached hydrogens (tertiary/aromatic N) is 4. The summed E-state index contributed by atoms with van der Waals surface area (Å²) in [5.41, 5.74) is 6.95. The molecule has 1 saturated heterocycles. The third-order valence-electron chi connectivity index (χ3n) is 3.04. The Morgan fingerprint density at radius 1 is 1.50 bits per heavy atom. The van der Waals surface area contributed by atoms with Crippen LogP contribution in [-0.2, 0) is 4.74 Å². The molecule has 3 N–H and O–H groups in total. The van der Waals surface area contributed by atoms with E-state index in [0.717, 1.165) is 6.42 Å². The number of alkyl halides is 1. The number of aliphatic hydroxyl groups is 1. The quantitative estimate of drug-likeness (QED) is 0.781. The van der Waals surface area contributed by atoms with Crippen molar-refractivity contribution in [2.75, 3.05) is 12.3 Å². The first kappa shape index (κ1) is 11.8. The van der Waals surface area contributed by atoms with Crippen molar-refractivity contribution in [3.8, 4) is 0 Å². The van der Waals surface area contributed by atoms with Crippen LogP contribution in [0.2, 0.25) is 0 Å². The van der Waals surface area contributed by atoms with Crippen molar-refractivity contribution < 1.29 is 9.84 Å². The molecular weight excluding hydrogens is 302 g/mol. The Bertz CT molecular complexity index is 574. The van der Waals surface area contributed by atoms with E-state index in [9.17, 15) is 5.11 Å². The fraction of sp³-hybridized carbons (Fsp3) is 0.500. The van der Waals surface area contributed by atoms with Crippen LogP contribution in [-0.4, -0.2) is 42.2 Å². The van der Waals surface area contributed by atoms with E-state index in [1.165, 1.54) is 6.33 Å². The number of anilines is 1. The van der Waals surface area contributed by atoms with E-state index in [0.29, 0.717) is 17.0 Å². The van der Waals surface area contributed by atoms with Gasteiger partial charge in [-0.2, -0.15) is 0 Å². The highest BCUT2D eigenvalue weighted by molar-refractivity contribution is 9.09. The Kier molecular flexibility index (Phi) is 2.92. The lowest BCUT2D eigenvalue weighted by atomic mass is 10.2. The summed E-state index contributed by atoms with van der Waals surface area (Å²) in [6.45, 7) is -0.0177. The Hall–Kier alpha value is -1.25. The molecule has 0 aromatic carbocycles. The van der Waals surface area contributed by atoms with Crippen LogP contribution in [0.15, 0.2) is 12.7 Å². The van der Waals surface area contributed by atoms with Crippen molar-refractivity contribution in [3.05, 3.63) is 12.7 Å². The number of ether oxygens (including phenoxy) is 1. The number of imidazole rings is 1. The summed E-state index contributed by atoms with van der Waals surface area (Å²) in [6, 6.07) is 0. The molecular formula is C10H12BrN5O2. The number of nitrogens with two attached hydrogens (primary N) is 1. The standard InChI is InChI=1S/C10H12BrN5O2/c11-5-1-7(18-6(5)2-17)16-4-15-8-9(12)13-3-14-10(8)16/h3-7,17H,1-2H2,(H2,12,13,14)/t5?,6?,7-/m1/s1. The van der Waals surface area contributed by atoms with Crippen LogP contribution in [0.25, 0.3) is 11.2 Å². The second-order valence-corrected chi connectivity index (χ2v) is 5.32. The fourth-order valence-corrected chi connectivity index (χ4v) is 2.72. The zero-order chi connectivity index (χ0) is 12.7. The van der Waals surface area contributed by atoms with Crippen LogP contribution in [0, 0.1) is 0 Å². The molecule has 96 valence electrons. The van der Waals surface area contributed by atoms with Gasteiger partial charge in [0.1, 0.15) is 18.1 Å². The van der Waals surface area contributed by atoms with Crippen LogP contribution in [0.4, 0.5) is 5.82 Å². The smallest absolute Gasteiger partial charge is 0.167 e. The second kappa shape index (κ2) is 4.45. The van der Waals surface area contributed by atoms with Crippen molar-refractivity contribution in [1.29, 1.82) is 0 Å². The van der Waals surface area contributed by atoms with E-state index in [4.69, 9.17) is 10.5 Å². The van der Waals surface area contributed by atoms with Crippen LogP contribution >= 0.6 is 15.9 Å². The van der Waals surface area contributed by atoms with Crippen LogP contribution in [0.1, 0.15) is 12.6 Å². The molecule has 18 heavy (non-hydrogen) atoms. The molecule has 0 aliphatic carbocycles. The van der Waals surface area contributed by atoms with Crippen LogP contribution in [0.3, 0.4) is 0 Å². The number of fused-ring (bicyclic) bond motifs is 1. The molecule has 7 nitrogen and oxygen atoms in total. The van der Waals surface area contributed by atoms with Gasteiger partial charge in [0, 0.05) is 11.2 Å². The average molecular weight is 314 g/mol. The molecule has 8 heteroatoms. The fourth-order valence-electron chi connectivity index (χ4n) is 2.10. The second-order valence-electron chi connectivity index (χ2n) is 4.15. The molecule has 3 atom stereocenters. The van der Waals surface area contributed by atoms with Crippen molar-refractivity contribution in [2.24, 2.45) is 0 Å². The van der Waals surface area contributed by atoms with Crippen LogP contribution in [0.5, 0.6) is 0 Å². The largest absolute Gasteiger partial charge is 0.394 e. The van der Waals surface area contributed by atoms with Gasteiger partial charge in [-0.05, 0) is 0 Å². The molecule has 0 radical (unpaired) electrons. The highest BCUT2D eigenvalue weighted by atomic mass is 79.9. The van der Waals surface area contributed by atoms with E-state index < -0.39 is 0 Å². The van der Waals surface area contributed by atoms with Crippen molar-refractivity contribution >= 4 is 32.9 Å². The van der Waals surface area contributed by atoms with Gasteiger partial charge in [0.15, 0.2) is 11.5 Å². The van der Waals surface area contributed by atoms with E-state index in [-0.39, 0.29) is 23.8 Å². The van der Waals surface area contributed by atoms with Crippen molar-refractivity contribution in [3.63, 3.8) is 0 Å². The summed E-state index contributed by atoms with van der Waals surface area (Å²) in [7, 11) is 0. The molecule has 0 spiro atoms. The normalized spacial score (nSPS) is 28.0. The third-order valence-corrected chi connectivity index (χ3v) is 4.00. The van der Waals surface area contributed by atoms with Gasteiger partial charge in [0.05, 0.1) is 19.0 Å². The number of hydrogen-bond donors (Lipinski definition) is 2. The zero-order valence-corrected chi connectivity index (χ0v) is 11.0. The van der Waals surface area contributed by atoms with Gasteiger partial charge in [-0.1, -0.05) is 15.9 Å². The van der Waals surface area contributed by atoms with Gasteiger partial charge in [-0.3, -0.25) is 4.57 Å². The Morgan fingerprint density at radius 2 is 2.33 bits per heavy atom. The predicted octanol–water partition coefficient (Wildman–Crippen LogP) is 0.452. The number of nitrogen functional groups attached to an aromatic ring is 1. The lowest BCUT2D eigenvalue weighted by Crippen LogP contribution is -2.20. The SMILES string of the molecule is Nc1ncnc2c1ncn2[C@H]1CC(Br)C(CO)O1. The number of halogens is 1. The Morgan fingerprint density at radius 3 is 3.06 bits per heavy atom. The zero-order valence-electron chi connectivity index (χ0n) is 9.40. The molecule has 2 unspecified atom stereocenters.